The van der Waals surface area contributed by atoms with E-state index < -0.39 is 51.8 Å². The zero-order valence-electron chi connectivity index (χ0n) is 27.3. The van der Waals surface area contributed by atoms with Gasteiger partial charge in [0.2, 0.25) is 0 Å². The van der Waals surface area contributed by atoms with Crippen molar-refractivity contribution in [1.82, 2.24) is 0 Å². The summed E-state index contributed by atoms with van der Waals surface area (Å²) in [5.41, 5.74) is 14.1. The standard InChI is InChI=1S/C41H30F6N2O2/c1-23-21-25(17-19-33(23)50-35-15-7-13-31(48)37(35)40(42,43)44)39(29-11-5-3-9-27(29)28-10-4-6-12-30(28)39)26-18-20-34(24(2)22-26)51-36-16-8-14-32(49)38(36)41(45,46)47/h3-22H,48-49H2,1-2H3. The summed E-state index contributed by atoms with van der Waals surface area (Å²) in [4.78, 5) is 0. The number of anilines is 2. The van der Waals surface area contributed by atoms with Crippen LogP contribution < -0.4 is 20.9 Å². The van der Waals surface area contributed by atoms with Crippen LogP contribution in [-0.2, 0) is 17.8 Å². The van der Waals surface area contributed by atoms with E-state index in [1.165, 1.54) is 36.4 Å². The topological polar surface area (TPSA) is 70.5 Å². The fraction of sp³-hybridized carbons (Fsp3) is 0.122. The third-order valence-electron chi connectivity index (χ3n) is 9.29. The monoisotopic (exact) mass is 696 g/mol. The summed E-state index contributed by atoms with van der Waals surface area (Å²) in [5.74, 6) is -0.395. The molecule has 6 aromatic rings. The Morgan fingerprint density at radius 3 is 1.24 bits per heavy atom. The van der Waals surface area contributed by atoms with E-state index in [-0.39, 0.29) is 11.5 Å². The maximum atomic E-state index is 13.9. The number of hydrogen-bond acceptors (Lipinski definition) is 4. The molecule has 0 fully saturated rings. The highest BCUT2D eigenvalue weighted by atomic mass is 19.4. The summed E-state index contributed by atoms with van der Waals surface area (Å²) in [6.07, 6.45) is -9.46. The van der Waals surface area contributed by atoms with Gasteiger partial charge in [0.05, 0.1) is 5.41 Å². The number of halogens is 6. The van der Waals surface area contributed by atoms with E-state index in [9.17, 15) is 26.3 Å². The summed E-state index contributed by atoms with van der Waals surface area (Å²) in [6, 6.07) is 34.2. The van der Waals surface area contributed by atoms with Crippen LogP contribution in [0.3, 0.4) is 0 Å². The van der Waals surface area contributed by atoms with Crippen molar-refractivity contribution >= 4 is 11.4 Å². The number of alkyl halides is 6. The molecule has 4 nitrogen and oxygen atoms in total. The largest absolute Gasteiger partial charge is 0.456 e. The average Bonchev–Trinajstić information content (AvgIpc) is 3.37. The van der Waals surface area contributed by atoms with E-state index in [4.69, 9.17) is 20.9 Å². The summed E-state index contributed by atoms with van der Waals surface area (Å²) >= 11 is 0. The Hall–Kier alpha value is -5.90. The van der Waals surface area contributed by atoms with E-state index in [2.05, 4.69) is 0 Å². The Labute approximate surface area is 289 Å². The fourth-order valence-corrected chi connectivity index (χ4v) is 7.13. The van der Waals surface area contributed by atoms with Crippen LogP contribution in [0.5, 0.6) is 23.0 Å². The zero-order valence-corrected chi connectivity index (χ0v) is 27.3. The number of rotatable bonds is 6. The molecule has 0 saturated carbocycles. The Bertz CT molecular complexity index is 2150. The molecule has 51 heavy (non-hydrogen) atoms. The number of fused-ring (bicyclic) bond motifs is 3. The van der Waals surface area contributed by atoms with Gasteiger partial charge in [0.15, 0.2) is 0 Å². The van der Waals surface area contributed by atoms with E-state index in [0.717, 1.165) is 33.4 Å². The maximum Gasteiger partial charge on any atom is 0.421 e. The lowest BCUT2D eigenvalue weighted by atomic mass is 9.67. The van der Waals surface area contributed by atoms with Crippen LogP contribution in [-0.4, -0.2) is 0 Å². The number of nitrogens with two attached hydrogens (primary N) is 2. The number of benzene rings is 6. The number of ether oxygens (including phenoxy) is 2. The van der Waals surface area contributed by atoms with E-state index >= 15 is 0 Å². The van der Waals surface area contributed by atoms with Gasteiger partial charge in [0.1, 0.15) is 34.1 Å². The molecule has 0 radical (unpaired) electrons. The lowest BCUT2D eigenvalue weighted by Gasteiger charge is -2.34. The molecule has 0 atom stereocenters. The lowest BCUT2D eigenvalue weighted by Crippen LogP contribution is -2.29. The molecule has 0 heterocycles. The van der Waals surface area contributed by atoms with Gasteiger partial charge in [0.25, 0.3) is 0 Å². The normalized spacial score (nSPS) is 13.4. The van der Waals surface area contributed by atoms with Crippen molar-refractivity contribution in [3.8, 4) is 34.1 Å². The molecule has 0 spiro atoms. The quantitative estimate of drug-likeness (QED) is 0.134. The van der Waals surface area contributed by atoms with Crippen molar-refractivity contribution in [2.75, 3.05) is 11.5 Å². The highest BCUT2D eigenvalue weighted by Gasteiger charge is 2.46. The summed E-state index contributed by atoms with van der Waals surface area (Å²) in [7, 11) is 0. The van der Waals surface area contributed by atoms with Crippen molar-refractivity contribution in [3.63, 3.8) is 0 Å². The molecule has 0 aromatic heterocycles. The van der Waals surface area contributed by atoms with Crippen LogP contribution >= 0.6 is 0 Å². The fourth-order valence-electron chi connectivity index (χ4n) is 7.13. The molecule has 0 unspecified atom stereocenters. The SMILES string of the molecule is Cc1cc(C2(c3ccc(Oc4cccc(N)c4C(F)(F)F)c(C)c3)c3ccccc3-c3ccccc32)ccc1Oc1cccc(N)c1C(F)(F)F. The molecule has 258 valence electrons. The predicted octanol–water partition coefficient (Wildman–Crippen LogP) is 11.5. The molecule has 6 aromatic carbocycles. The van der Waals surface area contributed by atoms with Gasteiger partial charge in [-0.15, -0.1) is 0 Å². The maximum absolute atomic E-state index is 13.9. The van der Waals surface area contributed by atoms with Crippen LogP contribution in [0, 0.1) is 13.8 Å². The van der Waals surface area contributed by atoms with Crippen LogP contribution in [0.1, 0.15) is 44.5 Å². The lowest BCUT2D eigenvalue weighted by molar-refractivity contribution is -0.138. The average molecular weight is 697 g/mol. The second-order valence-electron chi connectivity index (χ2n) is 12.4. The first-order chi connectivity index (χ1) is 24.2. The van der Waals surface area contributed by atoms with E-state index in [1.54, 1.807) is 26.0 Å². The van der Waals surface area contributed by atoms with Gasteiger partial charge in [-0.05, 0) is 94.8 Å². The highest BCUT2D eigenvalue weighted by molar-refractivity contribution is 5.86. The molecule has 4 N–H and O–H groups in total. The van der Waals surface area contributed by atoms with E-state index in [1.807, 2.05) is 72.8 Å². The van der Waals surface area contributed by atoms with Gasteiger partial charge in [-0.2, -0.15) is 26.3 Å². The summed E-state index contributed by atoms with van der Waals surface area (Å²) < 4.78 is 95.4. The number of aryl methyl sites for hydroxylation is 2. The minimum absolute atomic E-state index is 0.215. The van der Waals surface area contributed by atoms with Crippen molar-refractivity contribution in [2.24, 2.45) is 0 Å². The van der Waals surface area contributed by atoms with Crippen LogP contribution in [0.15, 0.2) is 121 Å². The van der Waals surface area contributed by atoms with Crippen molar-refractivity contribution in [2.45, 2.75) is 31.6 Å². The molecule has 10 heteroatoms. The Morgan fingerprint density at radius 1 is 0.471 bits per heavy atom. The van der Waals surface area contributed by atoms with Crippen LogP contribution in [0.4, 0.5) is 37.7 Å². The second-order valence-corrected chi connectivity index (χ2v) is 12.4. The summed E-state index contributed by atoms with van der Waals surface area (Å²) in [6.45, 7) is 3.51. The van der Waals surface area contributed by atoms with Crippen molar-refractivity contribution in [3.05, 3.63) is 166 Å². The zero-order chi connectivity index (χ0) is 36.3. The minimum Gasteiger partial charge on any atom is -0.456 e. The molecule has 7 rings (SSSR count). The smallest absolute Gasteiger partial charge is 0.421 e. The molecule has 1 aliphatic carbocycles. The minimum atomic E-state index is -4.73. The van der Waals surface area contributed by atoms with Gasteiger partial charge >= 0.3 is 12.4 Å². The first-order valence-electron chi connectivity index (χ1n) is 15.9. The molecule has 0 aliphatic heterocycles. The number of nitrogen functional groups attached to an aromatic ring is 2. The third-order valence-corrected chi connectivity index (χ3v) is 9.29. The molecule has 0 saturated heterocycles. The van der Waals surface area contributed by atoms with Gasteiger partial charge < -0.3 is 20.9 Å². The van der Waals surface area contributed by atoms with Crippen molar-refractivity contribution < 1.29 is 35.8 Å². The third kappa shape index (κ3) is 5.60. The molecule has 1 aliphatic rings. The van der Waals surface area contributed by atoms with E-state index in [0.29, 0.717) is 11.1 Å². The first kappa shape index (κ1) is 33.6. The van der Waals surface area contributed by atoms with Gasteiger partial charge in [-0.1, -0.05) is 84.9 Å². The molecule has 0 amide bonds. The molecule has 0 bridgehead atoms. The predicted molar refractivity (Wildman–Crippen MR) is 185 cm³/mol. The van der Waals surface area contributed by atoms with Gasteiger partial charge in [-0.3, -0.25) is 0 Å². The van der Waals surface area contributed by atoms with Gasteiger partial charge in [-0.25, -0.2) is 0 Å². The van der Waals surface area contributed by atoms with Gasteiger partial charge in [0, 0.05) is 11.4 Å². The van der Waals surface area contributed by atoms with Crippen LogP contribution in [0.25, 0.3) is 11.1 Å². The Kier molecular flexibility index (Phi) is 8.00. The van der Waals surface area contributed by atoms with Crippen LogP contribution in [0.2, 0.25) is 0 Å². The molecular formula is C41H30F6N2O2. The van der Waals surface area contributed by atoms with Crippen molar-refractivity contribution in [1.29, 1.82) is 0 Å². The Balaban J connectivity index is 1.38. The molecular weight excluding hydrogens is 666 g/mol. The summed E-state index contributed by atoms with van der Waals surface area (Å²) in [5, 5.41) is 0. The number of hydrogen-bond donors (Lipinski definition) is 2. The highest BCUT2D eigenvalue weighted by Crippen LogP contribution is 2.57. The second kappa shape index (κ2) is 12.2. The first-order valence-corrected chi connectivity index (χ1v) is 15.9. The Morgan fingerprint density at radius 2 is 0.863 bits per heavy atom.